The van der Waals surface area contributed by atoms with E-state index in [2.05, 4.69) is 20.6 Å². The van der Waals surface area contributed by atoms with E-state index < -0.39 is 0 Å². The molecule has 27 heavy (non-hydrogen) atoms. The molecule has 0 spiro atoms. The van der Waals surface area contributed by atoms with Crippen LogP contribution >= 0.6 is 11.3 Å². The van der Waals surface area contributed by atoms with Gasteiger partial charge in [0.05, 0.1) is 12.5 Å². The molecule has 2 aromatic carbocycles. The minimum Gasteiger partial charge on any atom is -0.347 e. The topological polar surface area (TPSA) is 71.8 Å². The minimum absolute atomic E-state index is 0.125. The SMILES string of the molecule is O=C(NCc1ccccc1)c1cnc(Nc2ccc(-n3ccnc3)cc2)s1. The summed E-state index contributed by atoms with van der Waals surface area (Å²) in [7, 11) is 0. The van der Waals surface area contributed by atoms with Gasteiger partial charge in [-0.1, -0.05) is 41.7 Å². The molecular weight excluding hydrogens is 358 g/mol. The first-order chi connectivity index (χ1) is 13.3. The molecule has 2 aromatic heterocycles. The van der Waals surface area contributed by atoms with Crippen LogP contribution < -0.4 is 10.6 Å². The number of nitrogens with zero attached hydrogens (tertiary/aromatic N) is 3. The number of rotatable bonds is 6. The molecule has 0 aliphatic heterocycles. The highest BCUT2D eigenvalue weighted by Crippen LogP contribution is 2.23. The summed E-state index contributed by atoms with van der Waals surface area (Å²) in [6.07, 6.45) is 6.98. The number of thiazole rings is 1. The van der Waals surface area contributed by atoms with Crippen LogP contribution in [-0.2, 0) is 6.54 Å². The summed E-state index contributed by atoms with van der Waals surface area (Å²) in [5.74, 6) is -0.125. The summed E-state index contributed by atoms with van der Waals surface area (Å²) in [6, 6.07) is 17.7. The first kappa shape index (κ1) is 17.0. The van der Waals surface area contributed by atoms with E-state index in [0.29, 0.717) is 16.6 Å². The van der Waals surface area contributed by atoms with E-state index in [4.69, 9.17) is 0 Å². The summed E-state index contributed by atoms with van der Waals surface area (Å²) in [4.78, 5) is 21.2. The van der Waals surface area contributed by atoms with Gasteiger partial charge in [-0.05, 0) is 29.8 Å². The molecule has 0 saturated heterocycles. The highest BCUT2D eigenvalue weighted by Gasteiger charge is 2.10. The number of anilines is 2. The van der Waals surface area contributed by atoms with Gasteiger partial charge in [0.1, 0.15) is 4.88 Å². The third-order valence-electron chi connectivity index (χ3n) is 3.95. The van der Waals surface area contributed by atoms with Crippen LogP contribution in [0.4, 0.5) is 10.8 Å². The zero-order valence-electron chi connectivity index (χ0n) is 14.4. The number of carbonyl (C=O) groups excluding carboxylic acids is 1. The molecule has 4 aromatic rings. The van der Waals surface area contributed by atoms with E-state index in [1.54, 1.807) is 18.7 Å². The van der Waals surface area contributed by atoms with Crippen LogP contribution in [0.2, 0.25) is 0 Å². The summed E-state index contributed by atoms with van der Waals surface area (Å²) in [5, 5.41) is 6.81. The van der Waals surface area contributed by atoms with Crippen molar-refractivity contribution in [1.29, 1.82) is 0 Å². The quantitative estimate of drug-likeness (QED) is 0.534. The lowest BCUT2D eigenvalue weighted by Gasteiger charge is -2.05. The second kappa shape index (κ2) is 7.84. The van der Waals surface area contributed by atoms with E-state index in [9.17, 15) is 4.79 Å². The largest absolute Gasteiger partial charge is 0.347 e. The maximum atomic E-state index is 12.3. The summed E-state index contributed by atoms with van der Waals surface area (Å²) >= 11 is 1.32. The van der Waals surface area contributed by atoms with E-state index in [0.717, 1.165) is 16.9 Å². The number of hydrogen-bond acceptors (Lipinski definition) is 5. The smallest absolute Gasteiger partial charge is 0.263 e. The Morgan fingerprint density at radius 1 is 1.07 bits per heavy atom. The second-order valence-corrected chi connectivity index (χ2v) is 6.87. The van der Waals surface area contributed by atoms with Crippen molar-refractivity contribution in [3.63, 3.8) is 0 Å². The van der Waals surface area contributed by atoms with Crippen molar-refractivity contribution in [3.8, 4) is 5.69 Å². The monoisotopic (exact) mass is 375 g/mol. The Morgan fingerprint density at radius 3 is 2.63 bits per heavy atom. The normalized spacial score (nSPS) is 10.5. The fraction of sp³-hybridized carbons (Fsp3) is 0.0500. The average molecular weight is 375 g/mol. The standard InChI is InChI=1S/C20H17N5OS/c26-19(22-12-15-4-2-1-3-5-15)18-13-23-20(27-18)24-16-6-8-17(9-7-16)25-11-10-21-14-25/h1-11,13-14H,12H2,(H,22,26)(H,23,24). The van der Waals surface area contributed by atoms with E-state index in [1.165, 1.54) is 11.3 Å². The summed E-state index contributed by atoms with van der Waals surface area (Å²) in [5.41, 5.74) is 2.99. The van der Waals surface area contributed by atoms with Crippen LogP contribution in [0.3, 0.4) is 0 Å². The first-order valence-corrected chi connectivity index (χ1v) is 9.23. The number of amides is 1. The van der Waals surface area contributed by atoms with Crippen molar-refractivity contribution in [2.24, 2.45) is 0 Å². The first-order valence-electron chi connectivity index (χ1n) is 8.41. The number of imidazole rings is 1. The maximum absolute atomic E-state index is 12.3. The predicted molar refractivity (Wildman–Crippen MR) is 107 cm³/mol. The molecule has 2 heterocycles. The lowest BCUT2D eigenvalue weighted by atomic mass is 10.2. The Morgan fingerprint density at radius 2 is 1.89 bits per heavy atom. The van der Waals surface area contributed by atoms with Crippen molar-refractivity contribution >= 4 is 28.1 Å². The van der Waals surface area contributed by atoms with Gasteiger partial charge < -0.3 is 15.2 Å². The Balaban J connectivity index is 1.37. The van der Waals surface area contributed by atoms with Gasteiger partial charge in [0, 0.05) is 30.3 Å². The molecular formula is C20H17N5OS. The summed E-state index contributed by atoms with van der Waals surface area (Å²) < 4.78 is 1.93. The molecule has 0 saturated carbocycles. The van der Waals surface area contributed by atoms with Crippen molar-refractivity contribution in [2.75, 3.05) is 5.32 Å². The predicted octanol–water partition coefficient (Wildman–Crippen LogP) is 4.00. The lowest BCUT2D eigenvalue weighted by molar-refractivity contribution is 0.0955. The molecule has 0 fully saturated rings. The fourth-order valence-corrected chi connectivity index (χ4v) is 3.31. The van der Waals surface area contributed by atoms with Gasteiger partial charge in [0.25, 0.3) is 5.91 Å². The van der Waals surface area contributed by atoms with Crippen LogP contribution in [0.5, 0.6) is 0 Å². The number of carbonyl (C=O) groups is 1. The third-order valence-corrected chi connectivity index (χ3v) is 4.86. The van der Waals surface area contributed by atoms with Crippen LogP contribution in [0.25, 0.3) is 5.69 Å². The van der Waals surface area contributed by atoms with Crippen LogP contribution in [-0.4, -0.2) is 20.4 Å². The Kier molecular flexibility index (Phi) is 4.93. The molecule has 0 radical (unpaired) electrons. The minimum atomic E-state index is -0.125. The molecule has 2 N–H and O–H groups in total. The third kappa shape index (κ3) is 4.21. The molecule has 0 bridgehead atoms. The molecule has 0 atom stereocenters. The number of nitrogens with one attached hydrogen (secondary N) is 2. The fourth-order valence-electron chi connectivity index (χ4n) is 2.55. The number of aromatic nitrogens is 3. The van der Waals surface area contributed by atoms with Crippen molar-refractivity contribution < 1.29 is 4.79 Å². The molecule has 4 rings (SSSR count). The summed E-state index contributed by atoms with van der Waals surface area (Å²) in [6.45, 7) is 0.496. The van der Waals surface area contributed by atoms with Gasteiger partial charge in [-0.25, -0.2) is 9.97 Å². The lowest BCUT2D eigenvalue weighted by Crippen LogP contribution is -2.21. The van der Waals surface area contributed by atoms with Gasteiger partial charge in [-0.15, -0.1) is 0 Å². The van der Waals surface area contributed by atoms with E-state index in [-0.39, 0.29) is 5.91 Å². The molecule has 7 heteroatoms. The van der Waals surface area contributed by atoms with Crippen LogP contribution in [0, 0.1) is 0 Å². The zero-order valence-corrected chi connectivity index (χ0v) is 15.2. The molecule has 0 unspecified atom stereocenters. The zero-order chi connectivity index (χ0) is 18.5. The molecule has 0 aliphatic rings. The molecule has 6 nitrogen and oxygen atoms in total. The highest BCUT2D eigenvalue weighted by atomic mass is 32.1. The van der Waals surface area contributed by atoms with Crippen molar-refractivity contribution in [1.82, 2.24) is 19.9 Å². The van der Waals surface area contributed by atoms with E-state index >= 15 is 0 Å². The number of hydrogen-bond donors (Lipinski definition) is 2. The van der Waals surface area contributed by atoms with Gasteiger partial charge in [0.15, 0.2) is 5.13 Å². The molecule has 1 amide bonds. The highest BCUT2D eigenvalue weighted by molar-refractivity contribution is 7.17. The Bertz CT molecular complexity index is 1010. The molecule has 0 aliphatic carbocycles. The van der Waals surface area contributed by atoms with Gasteiger partial charge in [0.2, 0.25) is 0 Å². The molecule has 134 valence electrons. The maximum Gasteiger partial charge on any atom is 0.263 e. The van der Waals surface area contributed by atoms with Gasteiger partial charge in [-0.2, -0.15) is 0 Å². The van der Waals surface area contributed by atoms with Crippen molar-refractivity contribution in [2.45, 2.75) is 6.54 Å². The van der Waals surface area contributed by atoms with Gasteiger partial charge >= 0.3 is 0 Å². The second-order valence-electron chi connectivity index (χ2n) is 5.84. The van der Waals surface area contributed by atoms with Crippen molar-refractivity contribution in [3.05, 3.63) is 90.0 Å². The number of benzene rings is 2. The van der Waals surface area contributed by atoms with Crippen LogP contribution in [0.1, 0.15) is 15.2 Å². The van der Waals surface area contributed by atoms with Crippen LogP contribution in [0.15, 0.2) is 79.5 Å². The van der Waals surface area contributed by atoms with E-state index in [1.807, 2.05) is 65.4 Å². The Labute approximate surface area is 160 Å². The average Bonchev–Trinajstić information content (AvgIpc) is 3.40. The van der Waals surface area contributed by atoms with Gasteiger partial charge in [-0.3, -0.25) is 4.79 Å². The Hall–Kier alpha value is -3.45.